The van der Waals surface area contributed by atoms with Crippen molar-refractivity contribution in [3.8, 4) is 5.88 Å². The zero-order valence-corrected chi connectivity index (χ0v) is 14.5. The Morgan fingerprint density at radius 3 is 3.00 bits per heavy atom. The Hall–Kier alpha value is -1.66. The minimum absolute atomic E-state index is 0.139. The van der Waals surface area contributed by atoms with Gasteiger partial charge in [-0.3, -0.25) is 4.79 Å². The minimum atomic E-state index is -0.194. The van der Waals surface area contributed by atoms with Crippen LogP contribution < -0.4 is 10.1 Å². The van der Waals surface area contributed by atoms with E-state index in [2.05, 4.69) is 10.3 Å². The number of amides is 1. The fourth-order valence-corrected chi connectivity index (χ4v) is 4.01. The number of thioether (sulfide) groups is 2. The Balaban J connectivity index is 1.79. The van der Waals surface area contributed by atoms with Crippen LogP contribution in [0.3, 0.4) is 0 Å². The summed E-state index contributed by atoms with van der Waals surface area (Å²) in [5.41, 5.74) is 1.27. The van der Waals surface area contributed by atoms with E-state index >= 15 is 0 Å². The van der Waals surface area contributed by atoms with Gasteiger partial charge in [0, 0.05) is 16.8 Å². The van der Waals surface area contributed by atoms with Gasteiger partial charge >= 0.3 is 0 Å². The number of hydrogen-bond acceptors (Lipinski definition) is 5. The highest BCUT2D eigenvalue weighted by Crippen LogP contribution is 2.27. The summed E-state index contributed by atoms with van der Waals surface area (Å²) in [6.45, 7) is 0. The topological polar surface area (TPSA) is 51.2 Å². The van der Waals surface area contributed by atoms with Crippen LogP contribution >= 0.6 is 23.5 Å². The number of aromatic nitrogens is 1. The second kappa shape index (κ2) is 7.75. The number of anilines is 1. The number of pyridine rings is 1. The highest BCUT2D eigenvalue weighted by molar-refractivity contribution is 7.99. The van der Waals surface area contributed by atoms with Gasteiger partial charge in [0.2, 0.25) is 5.88 Å². The Labute approximate surface area is 144 Å². The molecule has 0 saturated carbocycles. The molecule has 23 heavy (non-hydrogen) atoms. The molecule has 0 radical (unpaired) electrons. The quantitative estimate of drug-likeness (QED) is 0.831. The Kier molecular flexibility index (Phi) is 5.46. The fourth-order valence-electron chi connectivity index (χ4n) is 2.36. The van der Waals surface area contributed by atoms with E-state index in [1.807, 2.05) is 42.3 Å². The van der Waals surface area contributed by atoms with E-state index in [-0.39, 0.29) is 12.0 Å². The molecular weight excluding hydrogens is 328 g/mol. The average Bonchev–Trinajstić information content (AvgIpc) is 3.09. The number of ether oxygens (including phenoxy) is 1. The van der Waals surface area contributed by atoms with E-state index in [1.165, 1.54) is 0 Å². The van der Waals surface area contributed by atoms with Gasteiger partial charge in [0.1, 0.15) is 11.7 Å². The number of hydrogen-bond donors (Lipinski definition) is 1. The molecule has 1 N–H and O–H groups in total. The van der Waals surface area contributed by atoms with E-state index < -0.39 is 0 Å². The van der Waals surface area contributed by atoms with Crippen LogP contribution in [0.5, 0.6) is 5.88 Å². The molecule has 2 aromatic rings. The monoisotopic (exact) mass is 346 g/mol. The van der Waals surface area contributed by atoms with Crippen LogP contribution in [0, 0.1) is 0 Å². The number of carbonyl (C=O) groups is 1. The molecule has 1 aliphatic rings. The molecule has 1 atom stereocenters. The maximum Gasteiger partial charge on any atom is 0.261 e. The summed E-state index contributed by atoms with van der Waals surface area (Å²) in [6.07, 6.45) is 4.78. The molecule has 2 heterocycles. The predicted octanol–water partition coefficient (Wildman–Crippen LogP) is 3.94. The summed E-state index contributed by atoms with van der Waals surface area (Å²) in [6, 6.07) is 11.3. The number of nitrogens with one attached hydrogen (secondary N) is 1. The maximum absolute atomic E-state index is 12.6. The Morgan fingerprint density at radius 1 is 1.35 bits per heavy atom. The molecule has 6 heteroatoms. The van der Waals surface area contributed by atoms with Gasteiger partial charge in [-0.15, -0.1) is 11.8 Å². The molecule has 0 spiro atoms. The van der Waals surface area contributed by atoms with Crippen molar-refractivity contribution >= 4 is 35.1 Å². The number of benzene rings is 1. The summed E-state index contributed by atoms with van der Waals surface area (Å²) in [5, 5.41) is 2.96. The second-order valence-electron chi connectivity index (χ2n) is 5.11. The summed E-state index contributed by atoms with van der Waals surface area (Å²) >= 11 is 3.47. The fraction of sp³-hybridized carbons (Fsp3) is 0.294. The molecule has 3 rings (SSSR count). The van der Waals surface area contributed by atoms with Crippen molar-refractivity contribution in [1.82, 2.24) is 4.98 Å². The van der Waals surface area contributed by atoms with Gasteiger partial charge < -0.3 is 10.1 Å². The third kappa shape index (κ3) is 4.00. The molecule has 1 aromatic heterocycles. The summed E-state index contributed by atoms with van der Waals surface area (Å²) in [7, 11) is 0. The highest BCUT2D eigenvalue weighted by Gasteiger charge is 2.21. The van der Waals surface area contributed by atoms with Gasteiger partial charge in [-0.2, -0.15) is 11.8 Å². The zero-order valence-electron chi connectivity index (χ0n) is 12.8. The summed E-state index contributed by atoms with van der Waals surface area (Å²) < 4.78 is 5.92. The first-order chi connectivity index (χ1) is 11.3. The van der Waals surface area contributed by atoms with Crippen molar-refractivity contribution in [1.29, 1.82) is 0 Å². The molecule has 1 aliphatic heterocycles. The number of nitrogens with zero attached hydrogens (tertiary/aromatic N) is 1. The Bertz CT molecular complexity index is 688. The molecule has 1 fully saturated rings. The van der Waals surface area contributed by atoms with Crippen LogP contribution in [0.1, 0.15) is 16.8 Å². The number of rotatable bonds is 5. The lowest BCUT2D eigenvalue weighted by molar-refractivity contribution is 0.101. The molecule has 4 nitrogen and oxygen atoms in total. The van der Waals surface area contributed by atoms with Crippen LogP contribution in [0.2, 0.25) is 0 Å². The van der Waals surface area contributed by atoms with Gasteiger partial charge in [0.25, 0.3) is 5.91 Å². The van der Waals surface area contributed by atoms with Gasteiger partial charge in [-0.1, -0.05) is 12.1 Å². The molecule has 0 aliphatic carbocycles. The van der Waals surface area contributed by atoms with Crippen molar-refractivity contribution < 1.29 is 9.53 Å². The SMILES string of the molecule is CSc1ccccc1NC(=O)c1cccnc1O[C@@H]1CCSC1. The van der Waals surface area contributed by atoms with E-state index in [0.29, 0.717) is 11.4 Å². The molecule has 120 valence electrons. The summed E-state index contributed by atoms with van der Waals surface area (Å²) in [4.78, 5) is 17.9. The van der Waals surface area contributed by atoms with Crippen LogP contribution in [-0.4, -0.2) is 34.8 Å². The largest absolute Gasteiger partial charge is 0.473 e. The molecule has 0 bridgehead atoms. The predicted molar refractivity (Wildman–Crippen MR) is 96.8 cm³/mol. The van der Waals surface area contributed by atoms with Gasteiger partial charge in [-0.05, 0) is 42.7 Å². The van der Waals surface area contributed by atoms with Crippen LogP contribution in [0.25, 0.3) is 0 Å². The third-order valence-electron chi connectivity index (χ3n) is 3.54. The van der Waals surface area contributed by atoms with Gasteiger partial charge in [0.15, 0.2) is 0 Å². The molecular formula is C17H18N2O2S2. The minimum Gasteiger partial charge on any atom is -0.473 e. The van der Waals surface area contributed by atoms with Crippen LogP contribution in [-0.2, 0) is 0 Å². The van der Waals surface area contributed by atoms with Crippen molar-refractivity contribution in [2.45, 2.75) is 17.4 Å². The van der Waals surface area contributed by atoms with E-state index in [9.17, 15) is 4.79 Å². The van der Waals surface area contributed by atoms with Gasteiger partial charge in [0.05, 0.1) is 5.69 Å². The zero-order chi connectivity index (χ0) is 16.1. The van der Waals surface area contributed by atoms with E-state index in [0.717, 1.165) is 28.5 Å². The van der Waals surface area contributed by atoms with E-state index in [1.54, 1.807) is 30.1 Å². The smallest absolute Gasteiger partial charge is 0.261 e. The first-order valence-corrected chi connectivity index (χ1v) is 9.79. The van der Waals surface area contributed by atoms with Crippen LogP contribution in [0.4, 0.5) is 5.69 Å². The molecule has 1 amide bonds. The first kappa shape index (κ1) is 16.2. The summed E-state index contributed by atoms with van der Waals surface area (Å²) in [5.74, 6) is 2.27. The molecule has 1 aromatic carbocycles. The third-order valence-corrected chi connectivity index (χ3v) is 5.46. The first-order valence-electron chi connectivity index (χ1n) is 7.41. The maximum atomic E-state index is 12.6. The van der Waals surface area contributed by atoms with Crippen molar-refractivity contribution in [2.24, 2.45) is 0 Å². The second-order valence-corrected chi connectivity index (χ2v) is 7.11. The van der Waals surface area contributed by atoms with Crippen molar-refractivity contribution in [3.63, 3.8) is 0 Å². The van der Waals surface area contributed by atoms with Crippen LogP contribution in [0.15, 0.2) is 47.5 Å². The lowest BCUT2D eigenvalue weighted by Crippen LogP contribution is -2.20. The van der Waals surface area contributed by atoms with E-state index in [4.69, 9.17) is 4.74 Å². The number of carbonyl (C=O) groups excluding carboxylic acids is 1. The molecule has 1 saturated heterocycles. The van der Waals surface area contributed by atoms with Crippen molar-refractivity contribution in [2.75, 3.05) is 23.1 Å². The normalized spacial score (nSPS) is 17.0. The standard InChI is InChI=1S/C17H18N2O2S2/c1-22-15-7-3-2-6-14(15)19-16(20)13-5-4-9-18-17(13)21-12-8-10-23-11-12/h2-7,9,12H,8,10-11H2,1H3,(H,19,20)/t12-/m1/s1. The average molecular weight is 346 g/mol. The van der Waals surface area contributed by atoms with Crippen molar-refractivity contribution in [3.05, 3.63) is 48.2 Å². The lowest BCUT2D eigenvalue weighted by atomic mass is 10.2. The highest BCUT2D eigenvalue weighted by atomic mass is 32.2. The molecule has 0 unspecified atom stereocenters. The lowest BCUT2D eigenvalue weighted by Gasteiger charge is -2.15. The van der Waals surface area contributed by atoms with Gasteiger partial charge in [-0.25, -0.2) is 4.98 Å². The Morgan fingerprint density at radius 2 is 2.22 bits per heavy atom. The number of para-hydroxylation sites is 1.